The van der Waals surface area contributed by atoms with Crippen molar-refractivity contribution < 1.29 is 86.5 Å². The van der Waals surface area contributed by atoms with Crippen LogP contribution in [0.4, 0.5) is 11.4 Å². The number of ketones is 2. The number of para-hydroxylation sites is 1. The Morgan fingerprint density at radius 2 is 1.49 bits per heavy atom. The number of anilines is 2. The summed E-state index contributed by atoms with van der Waals surface area (Å²) < 4.78 is 46.5. The Balaban J connectivity index is 0.712. The van der Waals surface area contributed by atoms with Crippen LogP contribution in [-0.4, -0.2) is 202 Å². The minimum Gasteiger partial charge on any atom is -0.462 e. The van der Waals surface area contributed by atoms with Gasteiger partial charge in [0.05, 0.1) is 100 Å². The number of hydrogen-bond acceptors (Lipinski definition) is 18. The maximum atomic E-state index is 14.4. The minimum absolute atomic E-state index is 0.00831. The summed E-state index contributed by atoms with van der Waals surface area (Å²) in [6.07, 6.45) is 1.49. The van der Waals surface area contributed by atoms with Crippen molar-refractivity contribution in [2.24, 2.45) is 5.92 Å². The molecular formula is C73H93ClN4O18. The number of Topliss-reactive ketones (excluding diaryl/α,β-unsaturated/α-hetero) is 2. The van der Waals surface area contributed by atoms with E-state index in [1.54, 1.807) is 37.9 Å². The standard InChI is InChI=1S/C73H93ClN4O18/c1-47-16-13-22-62(89-8)73(88)43-61(94-68(86)44-73)49(3)70-72(5,96-70)63(42-67(85)76(7)59-40-51(38-47)39-48(2)69(59)74)95-71(87)50(4)75(6)64(82)23-14-24-65(83)78-46-56(80)41-58(78)60(81)21-15-30-90-32-34-92-36-37-93-35-33-91-31-29-55(79)27-28-66(84)77-45-54-19-10-9-17-52(54)25-26-53-18-11-12-20-57(53)77/h9-13,16-20,22,39-40,49-50,56,58,61-63,70,80,88H,14-15,21,23-24,27-38,41-46H2,1-8H3/b22-13+,47-16+/t49-,50+,56?,58-,61+,62-,63+,70+,72+,73-/m1/s1. The summed E-state index contributed by atoms with van der Waals surface area (Å²) in [6.45, 7) is 11.4. The lowest BCUT2D eigenvalue weighted by atomic mass is 9.78. The molecule has 4 amide bonds. The van der Waals surface area contributed by atoms with Crippen molar-refractivity contribution in [2.45, 2.75) is 178 Å². The summed E-state index contributed by atoms with van der Waals surface area (Å²) in [5.41, 5.74) is 3.40. The number of benzene rings is 3. The summed E-state index contributed by atoms with van der Waals surface area (Å²) in [5, 5.41) is 22.9. The van der Waals surface area contributed by atoms with Crippen molar-refractivity contribution in [2.75, 3.05) is 90.4 Å². The van der Waals surface area contributed by atoms with E-state index in [0.717, 1.165) is 39.1 Å². The molecule has 5 heterocycles. The van der Waals surface area contributed by atoms with Gasteiger partial charge < -0.3 is 67.7 Å². The fourth-order valence-corrected chi connectivity index (χ4v) is 13.0. The number of likely N-dealkylation sites (N-methyl/N-ethyl adjacent to an activating group) is 1. The van der Waals surface area contributed by atoms with Gasteiger partial charge in [-0.25, -0.2) is 4.79 Å². The van der Waals surface area contributed by atoms with Gasteiger partial charge in [0, 0.05) is 103 Å². The highest BCUT2D eigenvalue weighted by Crippen LogP contribution is 2.50. The van der Waals surface area contributed by atoms with E-state index in [1.807, 2.05) is 80.6 Å². The average Bonchev–Trinajstić information content (AvgIpc) is 1.56. The molecular weight excluding hydrogens is 1260 g/mol. The molecule has 5 aliphatic rings. The summed E-state index contributed by atoms with van der Waals surface area (Å²) in [7, 11) is 4.48. The summed E-state index contributed by atoms with van der Waals surface area (Å²) >= 11 is 6.86. The second kappa shape index (κ2) is 34.9. The van der Waals surface area contributed by atoms with Crippen LogP contribution in [0.3, 0.4) is 0 Å². The topological polar surface area (TPSA) is 267 Å². The third-order valence-corrected chi connectivity index (χ3v) is 19.2. The van der Waals surface area contributed by atoms with Gasteiger partial charge in [-0.2, -0.15) is 0 Å². The smallest absolute Gasteiger partial charge is 0.328 e. The first-order chi connectivity index (χ1) is 45.9. The number of rotatable bonds is 28. The number of carbonyl (C=O) groups is 8. The normalized spacial score (nSPS) is 25.3. The van der Waals surface area contributed by atoms with Crippen molar-refractivity contribution in [1.82, 2.24) is 9.80 Å². The van der Waals surface area contributed by atoms with Gasteiger partial charge in [-0.1, -0.05) is 90.6 Å². The van der Waals surface area contributed by atoms with Crippen LogP contribution in [0, 0.1) is 24.7 Å². The van der Waals surface area contributed by atoms with E-state index < -0.39 is 89.4 Å². The number of aliphatic hydroxyl groups is 2. The van der Waals surface area contributed by atoms with Crippen LogP contribution in [0.25, 0.3) is 0 Å². The Kier molecular flexibility index (Phi) is 27.1. The van der Waals surface area contributed by atoms with Gasteiger partial charge in [0.1, 0.15) is 41.3 Å². The molecule has 1 unspecified atom stereocenters. The van der Waals surface area contributed by atoms with Gasteiger partial charge in [-0.3, -0.25) is 33.6 Å². The molecule has 3 fully saturated rings. The monoisotopic (exact) mass is 1350 g/mol. The highest BCUT2D eigenvalue weighted by atomic mass is 35.5. The number of hydrogen-bond donors (Lipinski definition) is 2. The lowest BCUT2D eigenvalue weighted by Gasteiger charge is -2.41. The zero-order valence-corrected chi connectivity index (χ0v) is 57.2. The molecule has 8 rings (SSSR count). The zero-order chi connectivity index (χ0) is 69.3. The first kappa shape index (κ1) is 74.6. The first-order valence-corrected chi connectivity index (χ1v) is 33.6. The van der Waals surface area contributed by atoms with Crippen LogP contribution in [0.15, 0.2) is 84.5 Å². The van der Waals surface area contributed by atoms with Crippen molar-refractivity contribution in [3.05, 3.63) is 117 Å². The quantitative estimate of drug-likeness (QED) is 0.0312. The second-order valence-electron chi connectivity index (χ2n) is 25.9. The Labute approximate surface area is 567 Å². The molecule has 96 heavy (non-hydrogen) atoms. The fourth-order valence-electron chi connectivity index (χ4n) is 12.8. The third kappa shape index (κ3) is 19.8. The summed E-state index contributed by atoms with van der Waals surface area (Å²) in [6, 6.07) is 17.0. The number of fused-ring (bicyclic) bond motifs is 7. The first-order valence-electron chi connectivity index (χ1n) is 33.2. The molecule has 2 N–H and O–H groups in total. The molecule has 3 saturated heterocycles. The predicted molar refractivity (Wildman–Crippen MR) is 357 cm³/mol. The van der Waals surface area contributed by atoms with E-state index in [1.165, 1.54) is 35.8 Å². The average molecular weight is 1350 g/mol. The SMILES string of the molecule is CO[C@@H]1/C=C/C=C(\C)Cc2cc(C)c(Cl)c(c2)N(C)C(=O)C[C@H](OC(=O)[C@H](C)N(C)C(=O)CCCC(=O)N2CC(O)C[C@@H]2C(=O)CCCOCCOCCOCCOCCC(=O)CCC(=O)N2Cc3ccccc3C#Cc3ccccc32)[C@]2(C)O[C@H]2[C@H](C)[C@@H]2C[C@@]1(O)CC(=O)O2. The third-order valence-electron chi connectivity index (χ3n) is 18.7. The van der Waals surface area contributed by atoms with Gasteiger partial charge in [-0.05, 0) is 87.9 Å². The molecule has 0 spiro atoms. The van der Waals surface area contributed by atoms with Gasteiger partial charge in [0.2, 0.25) is 23.6 Å². The number of esters is 2. The Morgan fingerprint density at radius 1 is 0.823 bits per heavy atom. The van der Waals surface area contributed by atoms with Crippen molar-refractivity contribution in [3.8, 4) is 11.8 Å². The number of nitrogens with zero attached hydrogens (tertiary/aromatic N) is 4. The molecule has 4 bridgehead atoms. The molecule has 0 saturated carbocycles. The minimum atomic E-state index is -1.63. The Hall–Kier alpha value is -7.17. The number of epoxide rings is 1. The highest BCUT2D eigenvalue weighted by molar-refractivity contribution is 6.34. The van der Waals surface area contributed by atoms with E-state index >= 15 is 0 Å². The van der Waals surface area contributed by atoms with Gasteiger partial charge in [0.15, 0.2) is 5.78 Å². The highest BCUT2D eigenvalue weighted by Gasteiger charge is 2.64. The predicted octanol–water partition coefficient (Wildman–Crippen LogP) is 7.30. The molecule has 23 heteroatoms. The maximum Gasteiger partial charge on any atom is 0.328 e. The van der Waals surface area contributed by atoms with Gasteiger partial charge in [0.25, 0.3) is 0 Å². The summed E-state index contributed by atoms with van der Waals surface area (Å²) in [4.78, 5) is 114. The maximum absolute atomic E-state index is 14.4. The van der Waals surface area contributed by atoms with Crippen LogP contribution < -0.4 is 9.80 Å². The van der Waals surface area contributed by atoms with Crippen LogP contribution in [-0.2, 0) is 89.2 Å². The van der Waals surface area contributed by atoms with Gasteiger partial charge in [-0.15, -0.1) is 0 Å². The second-order valence-corrected chi connectivity index (χ2v) is 26.2. The number of methoxy groups -OCH3 is 1. The number of amides is 4. The van der Waals surface area contributed by atoms with Crippen LogP contribution in [0.5, 0.6) is 0 Å². The largest absolute Gasteiger partial charge is 0.462 e. The lowest BCUT2D eigenvalue weighted by molar-refractivity contribution is -0.187. The van der Waals surface area contributed by atoms with Crippen LogP contribution in [0.2, 0.25) is 5.02 Å². The molecule has 0 radical (unpaired) electrons. The number of β-amino-alcohol motifs (C(OH)–C–C–N with tert-alkyl or cyclic N) is 1. The van der Waals surface area contributed by atoms with Crippen LogP contribution in [0.1, 0.15) is 133 Å². The van der Waals surface area contributed by atoms with E-state index in [4.69, 9.17) is 49.5 Å². The summed E-state index contributed by atoms with van der Waals surface area (Å²) in [5.74, 6) is 2.65. The van der Waals surface area contributed by atoms with E-state index in [9.17, 15) is 48.6 Å². The molecule has 10 atom stereocenters. The van der Waals surface area contributed by atoms with Gasteiger partial charge >= 0.3 is 11.9 Å². The van der Waals surface area contributed by atoms with Crippen molar-refractivity contribution >= 4 is 70.1 Å². The van der Waals surface area contributed by atoms with Crippen molar-refractivity contribution in [1.29, 1.82) is 0 Å². The lowest BCUT2D eigenvalue weighted by Crippen LogP contribution is -2.53. The Morgan fingerprint density at radius 3 is 2.21 bits per heavy atom. The molecule has 3 aromatic rings. The number of aliphatic hydroxyl groups excluding tert-OH is 1. The number of aryl methyl sites for hydroxylation is 1. The molecule has 3 aromatic carbocycles. The number of halogens is 1. The van der Waals surface area contributed by atoms with Crippen LogP contribution >= 0.6 is 11.6 Å². The molecule has 5 aliphatic heterocycles. The Bertz CT molecular complexity index is 3420. The number of ether oxygens (including phenoxy) is 8. The number of likely N-dealkylation sites (tertiary alicyclic amines) is 1. The van der Waals surface area contributed by atoms with Crippen molar-refractivity contribution in [3.63, 3.8) is 0 Å². The molecule has 0 aliphatic carbocycles. The zero-order valence-electron chi connectivity index (χ0n) is 56.5. The fraction of sp³-hybridized carbons (Fsp3) is 0.562. The van der Waals surface area contributed by atoms with E-state index in [-0.39, 0.29) is 114 Å². The number of carbonyl (C=O) groups excluding carboxylic acids is 8. The van der Waals surface area contributed by atoms with E-state index in [2.05, 4.69) is 11.8 Å². The number of allylic oxidation sites excluding steroid dienone is 3. The molecule has 22 nitrogen and oxygen atoms in total. The molecule has 0 aromatic heterocycles. The van der Waals surface area contributed by atoms with E-state index in [0.29, 0.717) is 63.1 Å². The molecule has 520 valence electrons.